The van der Waals surface area contributed by atoms with E-state index in [0.29, 0.717) is 30.0 Å². The molecule has 0 saturated carbocycles. The number of guanidine groups is 1. The maximum atomic E-state index is 14.0. The van der Waals surface area contributed by atoms with Gasteiger partial charge in [-0.05, 0) is 36.1 Å². The van der Waals surface area contributed by atoms with Gasteiger partial charge in [-0.1, -0.05) is 36.4 Å². The third-order valence-electron chi connectivity index (χ3n) is 7.83. The summed E-state index contributed by atoms with van der Waals surface area (Å²) in [6, 6.07) is 12.3. The summed E-state index contributed by atoms with van der Waals surface area (Å²) >= 11 is 0. The summed E-state index contributed by atoms with van der Waals surface area (Å²) in [6.45, 7) is 0.505. The molecular formula is C29H27F3N6O3. The van der Waals surface area contributed by atoms with Gasteiger partial charge in [0, 0.05) is 25.4 Å². The highest BCUT2D eigenvalue weighted by molar-refractivity contribution is 6.08. The Morgan fingerprint density at radius 1 is 1.10 bits per heavy atom. The van der Waals surface area contributed by atoms with Crippen LogP contribution in [-0.2, 0) is 40.9 Å². The number of rotatable bonds is 6. The van der Waals surface area contributed by atoms with Crippen LogP contribution in [0.5, 0.6) is 0 Å². The van der Waals surface area contributed by atoms with Crippen LogP contribution in [0, 0.1) is 5.41 Å². The Morgan fingerprint density at radius 3 is 2.44 bits per heavy atom. The van der Waals surface area contributed by atoms with E-state index in [1.165, 1.54) is 28.3 Å². The average Bonchev–Trinajstić information content (AvgIpc) is 3.69. The van der Waals surface area contributed by atoms with Gasteiger partial charge in [0.2, 0.25) is 0 Å². The molecule has 12 heteroatoms. The van der Waals surface area contributed by atoms with E-state index in [1.807, 2.05) is 30.3 Å². The molecule has 41 heavy (non-hydrogen) atoms. The molecule has 3 aromatic rings. The van der Waals surface area contributed by atoms with E-state index in [4.69, 9.17) is 10.1 Å². The van der Waals surface area contributed by atoms with E-state index in [9.17, 15) is 22.8 Å². The maximum absolute atomic E-state index is 14.0. The van der Waals surface area contributed by atoms with E-state index in [0.717, 1.165) is 25.0 Å². The standard InChI is InChI=1S/C29H27F3N6O3/c30-29(31,32)22-9-8-18(13-21(22)25(39)37-16-23-24(17-37)35-11-10-34-23)15-38-26(40)28(36-27(38)33,14-20-7-4-12-41-20)19-5-2-1-3-6-19/h1-3,5-6,8-11,13,20H,4,7,12,14-17H2,(H2,33,36)/t20-,28?/m0/s1. The van der Waals surface area contributed by atoms with Gasteiger partial charge in [0.15, 0.2) is 5.96 Å². The first kappa shape index (κ1) is 26.9. The van der Waals surface area contributed by atoms with E-state index in [2.05, 4.69) is 15.3 Å². The summed E-state index contributed by atoms with van der Waals surface area (Å²) in [5, 5.41) is 11.7. The summed E-state index contributed by atoms with van der Waals surface area (Å²) < 4.78 is 47.8. The number of alkyl halides is 3. The third-order valence-corrected chi connectivity index (χ3v) is 7.83. The van der Waals surface area contributed by atoms with Gasteiger partial charge >= 0.3 is 6.18 Å². The molecule has 2 amide bonds. The van der Waals surface area contributed by atoms with Crippen molar-refractivity contribution in [3.8, 4) is 0 Å². The number of aromatic nitrogens is 2. The van der Waals surface area contributed by atoms with Gasteiger partial charge in [-0.2, -0.15) is 13.2 Å². The van der Waals surface area contributed by atoms with Crippen molar-refractivity contribution in [2.75, 3.05) is 6.61 Å². The zero-order valence-corrected chi connectivity index (χ0v) is 21.9. The van der Waals surface area contributed by atoms with Crippen LogP contribution in [0.4, 0.5) is 13.2 Å². The molecule has 6 rings (SSSR count). The highest BCUT2D eigenvalue weighted by atomic mass is 19.4. The Morgan fingerprint density at radius 2 is 1.80 bits per heavy atom. The summed E-state index contributed by atoms with van der Waals surface area (Å²) in [7, 11) is 0. The Hall–Kier alpha value is -4.32. The minimum absolute atomic E-state index is 0.0472. The Kier molecular flexibility index (Phi) is 6.72. The first-order valence-corrected chi connectivity index (χ1v) is 13.3. The molecule has 2 atom stereocenters. The van der Waals surface area contributed by atoms with Crippen molar-refractivity contribution in [1.82, 2.24) is 25.1 Å². The lowest BCUT2D eigenvalue weighted by atomic mass is 9.83. The van der Waals surface area contributed by atoms with Crippen LogP contribution < -0.4 is 5.32 Å². The fourth-order valence-corrected chi connectivity index (χ4v) is 5.81. The highest BCUT2D eigenvalue weighted by Gasteiger charge is 2.52. The molecule has 0 radical (unpaired) electrons. The number of nitrogens with one attached hydrogen (secondary N) is 2. The van der Waals surface area contributed by atoms with Crippen LogP contribution in [0.2, 0.25) is 0 Å². The number of nitrogens with zero attached hydrogens (tertiary/aromatic N) is 4. The second-order valence-electron chi connectivity index (χ2n) is 10.5. The number of fused-ring (bicyclic) bond motifs is 1. The summed E-state index contributed by atoms with van der Waals surface area (Å²) in [4.78, 5) is 38.2. The molecule has 212 valence electrons. The van der Waals surface area contributed by atoms with Crippen molar-refractivity contribution in [1.29, 1.82) is 5.41 Å². The van der Waals surface area contributed by atoms with Gasteiger partial charge in [0.25, 0.3) is 11.8 Å². The van der Waals surface area contributed by atoms with Crippen molar-refractivity contribution in [3.63, 3.8) is 0 Å². The van der Waals surface area contributed by atoms with E-state index < -0.39 is 34.7 Å². The molecular weight excluding hydrogens is 537 g/mol. The van der Waals surface area contributed by atoms with Gasteiger partial charge in [0.1, 0.15) is 5.54 Å². The molecule has 4 heterocycles. The van der Waals surface area contributed by atoms with Gasteiger partial charge in [-0.3, -0.25) is 29.9 Å². The lowest BCUT2D eigenvalue weighted by Crippen LogP contribution is -2.46. The molecule has 0 spiro atoms. The predicted molar refractivity (Wildman–Crippen MR) is 140 cm³/mol. The maximum Gasteiger partial charge on any atom is 0.417 e. The minimum atomic E-state index is -4.77. The normalized spacial score (nSPS) is 22.3. The fourth-order valence-electron chi connectivity index (χ4n) is 5.81. The van der Waals surface area contributed by atoms with Gasteiger partial charge in [-0.15, -0.1) is 0 Å². The van der Waals surface area contributed by atoms with E-state index >= 15 is 0 Å². The largest absolute Gasteiger partial charge is 0.417 e. The molecule has 0 bridgehead atoms. The van der Waals surface area contributed by atoms with Crippen LogP contribution in [-0.4, -0.2) is 50.3 Å². The monoisotopic (exact) mass is 564 g/mol. The third kappa shape index (κ3) is 4.92. The number of amides is 2. The summed E-state index contributed by atoms with van der Waals surface area (Å²) in [5.74, 6) is -1.38. The number of carbonyl (C=O) groups is 2. The van der Waals surface area contributed by atoms with Crippen LogP contribution in [0.25, 0.3) is 0 Å². The number of hydrogen-bond acceptors (Lipinski definition) is 6. The molecule has 2 aromatic carbocycles. The number of ether oxygens (including phenoxy) is 1. The first-order chi connectivity index (χ1) is 19.7. The number of hydrogen-bond donors (Lipinski definition) is 2. The second kappa shape index (κ2) is 10.3. The fraction of sp³-hybridized carbons (Fsp3) is 0.345. The van der Waals surface area contributed by atoms with Crippen molar-refractivity contribution < 1.29 is 27.5 Å². The highest BCUT2D eigenvalue weighted by Crippen LogP contribution is 2.38. The molecule has 2 saturated heterocycles. The first-order valence-electron chi connectivity index (χ1n) is 13.3. The zero-order valence-electron chi connectivity index (χ0n) is 21.9. The lowest BCUT2D eigenvalue weighted by molar-refractivity contribution is -0.138. The van der Waals surface area contributed by atoms with E-state index in [-0.39, 0.29) is 37.3 Å². The number of carbonyl (C=O) groups excluding carboxylic acids is 2. The molecule has 3 aliphatic rings. The number of halogens is 3. The minimum Gasteiger partial charge on any atom is -0.378 e. The van der Waals surface area contributed by atoms with Gasteiger partial charge in [0.05, 0.1) is 48.3 Å². The van der Waals surface area contributed by atoms with Gasteiger partial charge < -0.3 is 15.0 Å². The van der Waals surface area contributed by atoms with Crippen molar-refractivity contribution in [2.45, 2.75) is 56.7 Å². The van der Waals surface area contributed by atoms with Crippen molar-refractivity contribution in [2.24, 2.45) is 0 Å². The Bertz CT molecular complexity index is 1480. The van der Waals surface area contributed by atoms with Gasteiger partial charge in [-0.25, -0.2) is 0 Å². The number of benzene rings is 2. The Labute approximate surface area is 233 Å². The molecule has 9 nitrogen and oxygen atoms in total. The molecule has 0 aliphatic carbocycles. The molecule has 1 aromatic heterocycles. The van der Waals surface area contributed by atoms with Crippen LogP contribution >= 0.6 is 0 Å². The zero-order chi connectivity index (χ0) is 28.8. The van der Waals surface area contributed by atoms with Crippen LogP contribution in [0.1, 0.15) is 57.7 Å². The molecule has 2 fully saturated rings. The average molecular weight is 565 g/mol. The molecule has 1 unspecified atom stereocenters. The quantitative estimate of drug-likeness (QED) is 0.469. The summed E-state index contributed by atoms with van der Waals surface area (Å²) in [5.41, 5.74) is -0.808. The van der Waals surface area contributed by atoms with Crippen molar-refractivity contribution >= 4 is 17.8 Å². The topological polar surface area (TPSA) is 112 Å². The summed E-state index contributed by atoms with van der Waals surface area (Å²) in [6.07, 6.45) is -0.0356. The predicted octanol–water partition coefficient (Wildman–Crippen LogP) is 3.98. The van der Waals surface area contributed by atoms with Crippen molar-refractivity contribution in [3.05, 3.63) is 94.6 Å². The van der Waals surface area contributed by atoms with Crippen LogP contribution in [0.3, 0.4) is 0 Å². The second-order valence-corrected chi connectivity index (χ2v) is 10.5. The lowest BCUT2D eigenvalue weighted by Gasteiger charge is -2.30. The SMILES string of the molecule is N=C1NC(C[C@@H]2CCCO2)(c2ccccc2)C(=O)N1Cc1ccc(C(F)(F)F)c(C(=O)N2Cc3nccnc3C2)c1. The Balaban J connectivity index is 1.30. The molecule has 3 aliphatic heterocycles. The smallest absolute Gasteiger partial charge is 0.378 e. The molecule has 2 N–H and O–H groups in total. The van der Waals surface area contributed by atoms with Crippen LogP contribution in [0.15, 0.2) is 60.9 Å². The van der Waals surface area contributed by atoms with E-state index in [1.54, 1.807) is 0 Å².